The average Bonchev–Trinajstić information content (AvgIpc) is 2.54. The molecule has 2 aromatic rings. The first-order chi connectivity index (χ1) is 5.86. The van der Waals surface area contributed by atoms with Crippen molar-refractivity contribution in [2.24, 2.45) is 0 Å². The summed E-state index contributed by atoms with van der Waals surface area (Å²) in [7, 11) is 0. The maximum Gasteiger partial charge on any atom is 0.136 e. The van der Waals surface area contributed by atoms with Crippen molar-refractivity contribution in [3.63, 3.8) is 0 Å². The largest absolute Gasteiger partial charge is 0.307 e. The van der Waals surface area contributed by atoms with Gasteiger partial charge in [0, 0.05) is 18.6 Å². The lowest BCUT2D eigenvalue weighted by Crippen LogP contribution is -1.82. The van der Waals surface area contributed by atoms with Gasteiger partial charge in [0.2, 0.25) is 0 Å². The van der Waals surface area contributed by atoms with E-state index in [2.05, 4.69) is 24.2 Å². The van der Waals surface area contributed by atoms with Crippen LogP contribution < -0.4 is 0 Å². The van der Waals surface area contributed by atoms with Gasteiger partial charge in [-0.2, -0.15) is 0 Å². The fraction of sp³-hybridized carbons (Fsp3) is 0.300. The first-order valence-corrected chi connectivity index (χ1v) is 4.25. The first kappa shape index (κ1) is 8.78. The third-order valence-electron chi connectivity index (χ3n) is 1.54. The molecule has 0 aromatic carbocycles. The number of fused-ring (bicyclic) bond motifs is 1. The summed E-state index contributed by atoms with van der Waals surface area (Å²) in [5, 5.41) is 0. The molecule has 2 aromatic heterocycles. The minimum absolute atomic E-state index is 1.01. The topological polar surface area (TPSA) is 17.3 Å². The van der Waals surface area contributed by atoms with Gasteiger partial charge in [0.25, 0.3) is 0 Å². The Bertz CT molecular complexity index is 349. The number of aryl methyl sites for hydroxylation is 1. The van der Waals surface area contributed by atoms with E-state index in [1.807, 2.05) is 30.5 Å². The normalized spacial score (nSPS) is 9.25. The molecule has 0 saturated carbocycles. The molecular weight excluding hydrogens is 148 g/mol. The third kappa shape index (κ3) is 1.64. The Morgan fingerprint density at radius 1 is 1.25 bits per heavy atom. The predicted molar refractivity (Wildman–Crippen MR) is 51.3 cm³/mol. The molecule has 0 spiro atoms. The molecule has 0 radical (unpaired) electrons. The Labute approximate surface area is 72.9 Å². The minimum Gasteiger partial charge on any atom is -0.307 e. The van der Waals surface area contributed by atoms with Gasteiger partial charge in [0.05, 0.1) is 0 Å². The molecule has 64 valence electrons. The third-order valence-corrected chi connectivity index (χ3v) is 1.54. The summed E-state index contributed by atoms with van der Waals surface area (Å²) in [6.07, 6.45) is 5.80. The zero-order valence-corrected chi connectivity index (χ0v) is 7.78. The Balaban J connectivity index is 0.000000336. The minimum atomic E-state index is 1.01. The van der Waals surface area contributed by atoms with Crippen LogP contribution in [0.3, 0.4) is 0 Å². The first-order valence-electron chi connectivity index (χ1n) is 4.25. The molecule has 2 rings (SSSR count). The van der Waals surface area contributed by atoms with Crippen LogP contribution in [0.2, 0.25) is 0 Å². The van der Waals surface area contributed by atoms with E-state index >= 15 is 0 Å². The van der Waals surface area contributed by atoms with Crippen molar-refractivity contribution < 1.29 is 0 Å². The molecule has 0 N–H and O–H groups in total. The van der Waals surface area contributed by atoms with Crippen molar-refractivity contribution in [2.75, 3.05) is 0 Å². The van der Waals surface area contributed by atoms with E-state index in [-0.39, 0.29) is 0 Å². The maximum absolute atomic E-state index is 4.12. The zero-order chi connectivity index (χ0) is 8.97. The zero-order valence-electron chi connectivity index (χ0n) is 7.78. The van der Waals surface area contributed by atoms with E-state index < -0.39 is 0 Å². The van der Waals surface area contributed by atoms with Crippen LogP contribution in [0.5, 0.6) is 0 Å². The molecule has 0 bridgehead atoms. The van der Waals surface area contributed by atoms with Gasteiger partial charge < -0.3 is 4.40 Å². The summed E-state index contributed by atoms with van der Waals surface area (Å²) >= 11 is 0. The van der Waals surface area contributed by atoms with Crippen LogP contribution in [0.15, 0.2) is 30.7 Å². The molecule has 0 saturated heterocycles. The number of hydrogen-bond acceptors (Lipinski definition) is 1. The molecule has 12 heavy (non-hydrogen) atoms. The summed E-state index contributed by atoms with van der Waals surface area (Å²) in [4.78, 5) is 4.12. The van der Waals surface area contributed by atoms with Crippen LogP contribution in [-0.2, 0) is 0 Å². The molecule has 2 heteroatoms. The van der Waals surface area contributed by atoms with Crippen LogP contribution in [0.4, 0.5) is 0 Å². The van der Waals surface area contributed by atoms with E-state index in [4.69, 9.17) is 0 Å². The highest BCUT2D eigenvalue weighted by molar-refractivity contribution is 5.38. The van der Waals surface area contributed by atoms with Gasteiger partial charge in [-0.05, 0) is 18.6 Å². The molecule has 0 amide bonds. The second kappa shape index (κ2) is 3.90. The van der Waals surface area contributed by atoms with Crippen LogP contribution >= 0.6 is 0 Å². The van der Waals surface area contributed by atoms with E-state index in [9.17, 15) is 0 Å². The lowest BCUT2D eigenvalue weighted by molar-refractivity contribution is 1.16. The fourth-order valence-corrected chi connectivity index (χ4v) is 1.03. The van der Waals surface area contributed by atoms with Gasteiger partial charge in [0.15, 0.2) is 0 Å². The Morgan fingerprint density at radius 3 is 2.75 bits per heavy atom. The van der Waals surface area contributed by atoms with E-state index in [0.717, 1.165) is 5.65 Å². The molecule has 0 aliphatic carbocycles. The van der Waals surface area contributed by atoms with Crippen molar-refractivity contribution in [3.8, 4) is 0 Å². The van der Waals surface area contributed by atoms with Crippen LogP contribution in [-0.4, -0.2) is 9.38 Å². The van der Waals surface area contributed by atoms with E-state index in [1.54, 1.807) is 6.20 Å². The van der Waals surface area contributed by atoms with Gasteiger partial charge in [-0.25, -0.2) is 4.98 Å². The molecule has 2 heterocycles. The van der Waals surface area contributed by atoms with Crippen molar-refractivity contribution >= 4 is 5.65 Å². The monoisotopic (exact) mass is 162 g/mol. The standard InChI is InChI=1S/C8H8N2.C2H6/c1-7-2-3-8-9-4-5-10(8)6-7;1-2/h2-6H,1H3;1-2H3. The van der Waals surface area contributed by atoms with Gasteiger partial charge in [-0.1, -0.05) is 19.9 Å². The highest BCUT2D eigenvalue weighted by atomic mass is 15.0. The maximum atomic E-state index is 4.12. The van der Waals surface area contributed by atoms with Gasteiger partial charge in [-0.15, -0.1) is 0 Å². The molecule has 0 aliphatic rings. The van der Waals surface area contributed by atoms with Crippen molar-refractivity contribution in [2.45, 2.75) is 20.8 Å². The lowest BCUT2D eigenvalue weighted by Gasteiger charge is -1.93. The molecule has 2 nitrogen and oxygen atoms in total. The van der Waals surface area contributed by atoms with E-state index in [1.165, 1.54) is 5.56 Å². The Morgan fingerprint density at radius 2 is 2.00 bits per heavy atom. The number of hydrogen-bond donors (Lipinski definition) is 0. The number of imidazole rings is 1. The Kier molecular flexibility index (Phi) is 2.86. The van der Waals surface area contributed by atoms with Gasteiger partial charge in [0.1, 0.15) is 5.65 Å². The highest BCUT2D eigenvalue weighted by Gasteiger charge is 1.89. The second-order valence-corrected chi connectivity index (χ2v) is 2.40. The summed E-state index contributed by atoms with van der Waals surface area (Å²) in [6, 6.07) is 4.07. The SMILES string of the molecule is CC.Cc1ccc2nccn2c1. The molecule has 0 unspecified atom stereocenters. The second-order valence-electron chi connectivity index (χ2n) is 2.40. The quantitative estimate of drug-likeness (QED) is 0.582. The van der Waals surface area contributed by atoms with E-state index in [0.29, 0.717) is 0 Å². The lowest BCUT2D eigenvalue weighted by atomic mass is 10.3. The van der Waals surface area contributed by atoms with Crippen LogP contribution in [0.25, 0.3) is 5.65 Å². The predicted octanol–water partition coefficient (Wildman–Crippen LogP) is 2.67. The molecule has 0 atom stereocenters. The molecular formula is C10H14N2. The summed E-state index contributed by atoms with van der Waals surface area (Å²) in [5.41, 5.74) is 2.26. The Hall–Kier alpha value is -1.31. The number of rotatable bonds is 0. The van der Waals surface area contributed by atoms with Gasteiger partial charge in [-0.3, -0.25) is 0 Å². The average molecular weight is 162 g/mol. The smallest absolute Gasteiger partial charge is 0.136 e. The van der Waals surface area contributed by atoms with Crippen molar-refractivity contribution in [3.05, 3.63) is 36.3 Å². The fourth-order valence-electron chi connectivity index (χ4n) is 1.03. The molecule has 0 fully saturated rings. The summed E-state index contributed by atoms with van der Waals surface area (Å²) in [6.45, 7) is 6.07. The number of aromatic nitrogens is 2. The van der Waals surface area contributed by atoms with Gasteiger partial charge >= 0.3 is 0 Å². The number of nitrogens with zero attached hydrogens (tertiary/aromatic N) is 2. The summed E-state index contributed by atoms with van der Waals surface area (Å²) < 4.78 is 2.01. The van der Waals surface area contributed by atoms with Crippen LogP contribution in [0, 0.1) is 6.92 Å². The van der Waals surface area contributed by atoms with Crippen molar-refractivity contribution in [1.29, 1.82) is 0 Å². The highest BCUT2D eigenvalue weighted by Crippen LogP contribution is 2.01. The van der Waals surface area contributed by atoms with Crippen LogP contribution in [0.1, 0.15) is 19.4 Å². The summed E-state index contributed by atoms with van der Waals surface area (Å²) in [5.74, 6) is 0. The van der Waals surface area contributed by atoms with Crippen molar-refractivity contribution in [1.82, 2.24) is 9.38 Å². The number of pyridine rings is 1. The molecule has 0 aliphatic heterocycles.